The summed E-state index contributed by atoms with van der Waals surface area (Å²) < 4.78 is 41.5. The predicted molar refractivity (Wildman–Crippen MR) is 115 cm³/mol. The lowest BCUT2D eigenvalue weighted by Gasteiger charge is -2.11. The Balaban J connectivity index is 1.58. The molecule has 0 fully saturated rings. The second-order valence-corrected chi connectivity index (χ2v) is 9.88. The molecular weight excluding hydrogens is 425 g/mol. The summed E-state index contributed by atoms with van der Waals surface area (Å²) in [6.45, 7) is 1.72. The Bertz CT molecular complexity index is 1200. The number of sulfonamides is 1. The maximum absolute atomic E-state index is 13.9. The van der Waals surface area contributed by atoms with Crippen molar-refractivity contribution >= 4 is 38.1 Å². The minimum absolute atomic E-state index is 0.125. The van der Waals surface area contributed by atoms with Crippen LogP contribution in [0, 0.1) is 12.7 Å². The smallest absolute Gasteiger partial charge is 0.262 e. The van der Waals surface area contributed by atoms with Crippen LogP contribution in [-0.4, -0.2) is 19.3 Å². The predicted octanol–water partition coefficient (Wildman–Crippen LogP) is 4.52. The quantitative estimate of drug-likeness (QED) is 0.604. The van der Waals surface area contributed by atoms with Gasteiger partial charge in [-0.05, 0) is 62.4 Å². The highest BCUT2D eigenvalue weighted by Crippen LogP contribution is 2.30. The normalized spacial score (nSPS) is 13.5. The van der Waals surface area contributed by atoms with Crippen molar-refractivity contribution in [2.45, 2.75) is 37.5 Å². The van der Waals surface area contributed by atoms with Crippen LogP contribution in [0.4, 0.5) is 15.2 Å². The molecule has 9 heteroatoms. The molecule has 2 aromatic carbocycles. The molecule has 1 aliphatic carbocycles. The summed E-state index contributed by atoms with van der Waals surface area (Å²) in [6.07, 6.45) is 4.10. The zero-order valence-corrected chi connectivity index (χ0v) is 17.9. The number of nitrogens with zero attached hydrogens (tertiary/aromatic N) is 1. The highest BCUT2D eigenvalue weighted by molar-refractivity contribution is 7.92. The highest BCUT2D eigenvalue weighted by atomic mass is 32.2. The summed E-state index contributed by atoms with van der Waals surface area (Å²) in [4.78, 5) is 18.4. The van der Waals surface area contributed by atoms with E-state index >= 15 is 0 Å². The lowest BCUT2D eigenvalue weighted by atomic mass is 10.0. The number of fused-ring (bicyclic) bond motifs is 1. The maximum Gasteiger partial charge on any atom is 0.262 e. The van der Waals surface area contributed by atoms with Gasteiger partial charge in [0.2, 0.25) is 0 Å². The largest absolute Gasteiger partial charge is 0.298 e. The Morgan fingerprint density at radius 3 is 2.67 bits per heavy atom. The SMILES string of the molecule is Cc1ccc(S(=O)(=O)Nc2ccccc2F)cc1C(=O)Nc1nc2c(s1)CCCC2. The molecule has 0 saturated carbocycles. The first-order chi connectivity index (χ1) is 14.3. The van der Waals surface area contributed by atoms with Crippen molar-refractivity contribution in [1.29, 1.82) is 0 Å². The van der Waals surface area contributed by atoms with Crippen molar-refractivity contribution in [3.05, 3.63) is 70.0 Å². The average Bonchev–Trinajstić information content (AvgIpc) is 3.12. The van der Waals surface area contributed by atoms with Crippen LogP contribution in [0.2, 0.25) is 0 Å². The van der Waals surface area contributed by atoms with E-state index in [0.29, 0.717) is 10.7 Å². The fourth-order valence-electron chi connectivity index (χ4n) is 3.33. The first-order valence-electron chi connectivity index (χ1n) is 9.51. The number of benzene rings is 2. The Hall–Kier alpha value is -2.78. The van der Waals surface area contributed by atoms with Gasteiger partial charge >= 0.3 is 0 Å². The van der Waals surface area contributed by atoms with E-state index in [1.54, 1.807) is 13.0 Å². The van der Waals surface area contributed by atoms with Crippen LogP contribution in [0.3, 0.4) is 0 Å². The van der Waals surface area contributed by atoms with Gasteiger partial charge in [0.05, 0.1) is 16.3 Å². The number of anilines is 2. The fraction of sp³-hybridized carbons (Fsp3) is 0.238. The number of hydrogen-bond acceptors (Lipinski definition) is 5. The number of amides is 1. The number of aryl methyl sites for hydroxylation is 3. The molecule has 0 bridgehead atoms. The molecule has 0 unspecified atom stereocenters. The van der Waals surface area contributed by atoms with Crippen LogP contribution in [0.1, 0.15) is 39.3 Å². The molecule has 1 aromatic heterocycles. The summed E-state index contributed by atoms with van der Waals surface area (Å²) >= 11 is 1.46. The van der Waals surface area contributed by atoms with E-state index < -0.39 is 21.7 Å². The lowest BCUT2D eigenvalue weighted by molar-refractivity contribution is 0.102. The molecule has 0 atom stereocenters. The Labute approximate surface area is 178 Å². The van der Waals surface area contributed by atoms with Crippen LogP contribution >= 0.6 is 11.3 Å². The van der Waals surface area contributed by atoms with Crippen molar-refractivity contribution in [1.82, 2.24) is 4.98 Å². The van der Waals surface area contributed by atoms with Gasteiger partial charge < -0.3 is 0 Å². The summed E-state index contributed by atoms with van der Waals surface area (Å²) in [5, 5.41) is 3.30. The third-order valence-electron chi connectivity index (χ3n) is 4.95. The van der Waals surface area contributed by atoms with Crippen molar-refractivity contribution in [2.24, 2.45) is 0 Å². The fourth-order valence-corrected chi connectivity index (χ4v) is 5.47. The van der Waals surface area contributed by atoms with E-state index in [1.807, 2.05) is 0 Å². The highest BCUT2D eigenvalue weighted by Gasteiger charge is 2.21. The van der Waals surface area contributed by atoms with Crippen LogP contribution in [0.5, 0.6) is 0 Å². The molecule has 30 heavy (non-hydrogen) atoms. The number of nitrogens with one attached hydrogen (secondary N) is 2. The maximum atomic E-state index is 13.9. The van der Waals surface area contributed by atoms with E-state index in [-0.39, 0.29) is 16.1 Å². The third kappa shape index (κ3) is 4.22. The van der Waals surface area contributed by atoms with E-state index in [0.717, 1.165) is 31.4 Å². The minimum Gasteiger partial charge on any atom is -0.298 e. The standard InChI is InChI=1S/C21H20FN3O3S2/c1-13-10-11-14(30(27,28)25-17-7-3-2-6-16(17)22)12-15(13)20(26)24-21-23-18-8-4-5-9-19(18)29-21/h2-3,6-7,10-12,25H,4-5,8-9H2,1H3,(H,23,24,26). The number of carbonyl (C=O) groups is 1. The van der Waals surface area contributed by atoms with Crippen LogP contribution < -0.4 is 10.0 Å². The van der Waals surface area contributed by atoms with Crippen molar-refractivity contribution < 1.29 is 17.6 Å². The van der Waals surface area contributed by atoms with Gasteiger partial charge in [-0.1, -0.05) is 18.2 Å². The number of carbonyl (C=O) groups excluding carboxylic acids is 1. The van der Waals surface area contributed by atoms with Gasteiger partial charge in [0.25, 0.3) is 15.9 Å². The van der Waals surface area contributed by atoms with Crippen LogP contribution in [-0.2, 0) is 22.9 Å². The number of para-hydroxylation sites is 1. The van der Waals surface area contributed by atoms with E-state index in [4.69, 9.17) is 0 Å². The molecule has 1 heterocycles. The molecule has 1 amide bonds. The van der Waals surface area contributed by atoms with Gasteiger partial charge in [-0.25, -0.2) is 17.8 Å². The number of thiazole rings is 1. The van der Waals surface area contributed by atoms with Gasteiger partial charge in [-0.3, -0.25) is 14.8 Å². The van der Waals surface area contributed by atoms with Crippen molar-refractivity contribution in [2.75, 3.05) is 10.0 Å². The summed E-state index contributed by atoms with van der Waals surface area (Å²) in [6, 6.07) is 9.73. The molecule has 156 valence electrons. The summed E-state index contributed by atoms with van der Waals surface area (Å²) in [7, 11) is -4.07. The summed E-state index contributed by atoms with van der Waals surface area (Å²) in [5.41, 5.74) is 1.72. The molecule has 0 radical (unpaired) electrons. The van der Waals surface area contributed by atoms with E-state index in [1.165, 1.54) is 52.6 Å². The van der Waals surface area contributed by atoms with Gasteiger partial charge in [-0.15, -0.1) is 11.3 Å². The Morgan fingerprint density at radius 1 is 1.13 bits per heavy atom. The van der Waals surface area contributed by atoms with E-state index in [2.05, 4.69) is 15.0 Å². The number of rotatable bonds is 5. The van der Waals surface area contributed by atoms with Crippen LogP contribution in [0.15, 0.2) is 47.4 Å². The Morgan fingerprint density at radius 2 is 1.90 bits per heavy atom. The van der Waals surface area contributed by atoms with Crippen molar-refractivity contribution in [3.8, 4) is 0 Å². The third-order valence-corrected chi connectivity index (χ3v) is 7.38. The molecule has 0 spiro atoms. The van der Waals surface area contributed by atoms with Gasteiger partial charge in [-0.2, -0.15) is 0 Å². The minimum atomic E-state index is -4.07. The second-order valence-electron chi connectivity index (χ2n) is 7.11. The number of aromatic nitrogens is 1. The monoisotopic (exact) mass is 445 g/mol. The van der Waals surface area contributed by atoms with E-state index in [9.17, 15) is 17.6 Å². The Kier molecular flexibility index (Phi) is 5.57. The first kappa shape index (κ1) is 20.5. The lowest BCUT2D eigenvalue weighted by Crippen LogP contribution is -2.17. The van der Waals surface area contributed by atoms with Gasteiger partial charge in [0, 0.05) is 10.4 Å². The molecule has 0 saturated heterocycles. The topological polar surface area (TPSA) is 88.2 Å². The molecule has 3 aromatic rings. The van der Waals surface area contributed by atoms with Crippen LogP contribution in [0.25, 0.3) is 0 Å². The molecule has 1 aliphatic rings. The average molecular weight is 446 g/mol. The molecule has 2 N–H and O–H groups in total. The zero-order valence-electron chi connectivity index (χ0n) is 16.2. The zero-order chi connectivity index (χ0) is 21.3. The van der Waals surface area contributed by atoms with Crippen molar-refractivity contribution in [3.63, 3.8) is 0 Å². The molecule has 4 rings (SSSR count). The molecular formula is C21H20FN3O3S2. The summed E-state index contributed by atoms with van der Waals surface area (Å²) in [5.74, 6) is -1.11. The molecule has 6 nitrogen and oxygen atoms in total. The van der Waals surface area contributed by atoms with Gasteiger partial charge in [0.15, 0.2) is 5.13 Å². The number of hydrogen-bond donors (Lipinski definition) is 2. The van der Waals surface area contributed by atoms with Gasteiger partial charge in [0.1, 0.15) is 5.82 Å². The molecule has 0 aliphatic heterocycles. The first-order valence-corrected chi connectivity index (χ1v) is 11.8. The number of halogens is 1. The second kappa shape index (κ2) is 8.16.